The molecule has 0 aromatic heterocycles. The van der Waals surface area contributed by atoms with Crippen molar-refractivity contribution in [2.24, 2.45) is 5.92 Å². The van der Waals surface area contributed by atoms with E-state index in [1.54, 1.807) is 19.2 Å². The van der Waals surface area contributed by atoms with Crippen molar-refractivity contribution in [1.82, 2.24) is 10.2 Å². The van der Waals surface area contributed by atoms with Crippen LogP contribution in [0.4, 0.5) is 4.79 Å². The Kier molecular flexibility index (Phi) is 9.11. The van der Waals surface area contributed by atoms with Crippen molar-refractivity contribution in [3.63, 3.8) is 0 Å². The second kappa shape index (κ2) is 11.5. The first kappa shape index (κ1) is 22.9. The van der Waals surface area contributed by atoms with Gasteiger partial charge in [0.1, 0.15) is 18.4 Å². The van der Waals surface area contributed by atoms with Gasteiger partial charge >= 0.3 is 12.1 Å². The molecule has 1 aromatic rings. The highest BCUT2D eigenvalue weighted by atomic mass is 32.1. The van der Waals surface area contributed by atoms with Crippen molar-refractivity contribution >= 4 is 30.6 Å². The summed E-state index contributed by atoms with van der Waals surface area (Å²) in [6.45, 7) is 0.983. The number of carbonyl (C=O) groups excluding carboxylic acids is 2. The highest BCUT2D eigenvalue weighted by Gasteiger charge is 2.36. The van der Waals surface area contributed by atoms with E-state index in [1.807, 2.05) is 12.1 Å². The van der Waals surface area contributed by atoms with Crippen LogP contribution in [-0.4, -0.2) is 60.0 Å². The molecule has 0 radical (unpaired) electrons. The molecule has 8 nitrogen and oxygen atoms in total. The first-order valence-electron chi connectivity index (χ1n) is 9.64. The lowest BCUT2D eigenvalue weighted by molar-refractivity contribution is -0.149. The average Bonchev–Trinajstić information content (AvgIpc) is 3.22. The predicted molar refractivity (Wildman–Crippen MR) is 110 cm³/mol. The van der Waals surface area contributed by atoms with Crippen LogP contribution in [0.25, 0.3) is 0 Å². The molecule has 0 saturated carbocycles. The van der Waals surface area contributed by atoms with Crippen LogP contribution in [0.2, 0.25) is 0 Å². The molecule has 2 atom stereocenters. The van der Waals surface area contributed by atoms with Gasteiger partial charge in [0.25, 0.3) is 0 Å². The Morgan fingerprint density at radius 2 is 2.03 bits per heavy atom. The molecule has 2 N–H and O–H groups in total. The molecule has 1 heterocycles. The van der Waals surface area contributed by atoms with E-state index in [2.05, 4.69) is 17.9 Å². The number of rotatable bonds is 10. The normalized spacial score (nSPS) is 16.9. The minimum atomic E-state index is -0.963. The lowest BCUT2D eigenvalue weighted by atomic mass is 10.0. The van der Waals surface area contributed by atoms with E-state index in [0.717, 1.165) is 11.3 Å². The number of ether oxygens (including phenoxy) is 2. The monoisotopic (exact) mass is 424 g/mol. The molecule has 1 saturated heterocycles. The number of amides is 2. The van der Waals surface area contributed by atoms with Crippen LogP contribution in [-0.2, 0) is 20.9 Å². The van der Waals surface area contributed by atoms with Crippen molar-refractivity contribution in [1.29, 1.82) is 0 Å². The molecule has 29 heavy (non-hydrogen) atoms. The highest BCUT2D eigenvalue weighted by molar-refractivity contribution is 7.80. The number of hydrogen-bond acceptors (Lipinski definition) is 6. The van der Waals surface area contributed by atoms with E-state index >= 15 is 0 Å². The van der Waals surface area contributed by atoms with Crippen LogP contribution in [0.5, 0.6) is 5.75 Å². The average molecular weight is 425 g/mol. The molecule has 1 aliphatic heterocycles. The van der Waals surface area contributed by atoms with Gasteiger partial charge in [-0.3, -0.25) is 4.79 Å². The molecule has 160 valence electrons. The summed E-state index contributed by atoms with van der Waals surface area (Å²) in [6.07, 6.45) is 1.75. The van der Waals surface area contributed by atoms with Crippen molar-refractivity contribution in [3.8, 4) is 5.75 Å². The van der Waals surface area contributed by atoms with E-state index in [4.69, 9.17) is 9.47 Å². The number of aliphatic carboxylic acids is 1. The summed E-state index contributed by atoms with van der Waals surface area (Å²) in [4.78, 5) is 37.1. The maximum absolute atomic E-state index is 12.6. The molecule has 0 bridgehead atoms. The third-order valence-electron chi connectivity index (χ3n) is 4.92. The predicted octanol–water partition coefficient (Wildman–Crippen LogP) is 2.32. The summed E-state index contributed by atoms with van der Waals surface area (Å²) in [5.41, 5.74) is 0.847. The number of thiol groups is 1. The molecular formula is C20H28N2O6S. The highest BCUT2D eigenvalue weighted by Crippen LogP contribution is 2.22. The van der Waals surface area contributed by atoms with Crippen molar-refractivity contribution < 1.29 is 29.0 Å². The first-order chi connectivity index (χ1) is 14.0. The van der Waals surface area contributed by atoms with E-state index in [0.29, 0.717) is 44.5 Å². The standard InChI is InChI=1S/C20H28N2O6S/c1-27-16-8-6-14(7-9-16)12-28-20(26)21-10-2-4-15(13-29)18(23)22-11-3-5-17(22)19(24)25/h6-9,15,17,29H,2-5,10-13H2,1H3,(H,21,26)(H,24,25)/t15?,17-/m0/s1. The van der Waals surface area contributed by atoms with Gasteiger partial charge in [-0.05, 0) is 43.4 Å². The van der Waals surface area contributed by atoms with Crippen LogP contribution in [0.3, 0.4) is 0 Å². The number of methoxy groups -OCH3 is 1. The third kappa shape index (κ3) is 6.85. The number of nitrogens with zero attached hydrogens (tertiary/aromatic N) is 1. The number of alkyl carbamates (subject to hydrolysis) is 1. The van der Waals surface area contributed by atoms with Gasteiger partial charge < -0.3 is 24.8 Å². The fourth-order valence-electron chi connectivity index (χ4n) is 3.28. The summed E-state index contributed by atoms with van der Waals surface area (Å²) in [5.74, 6) is -0.434. The van der Waals surface area contributed by atoms with Crippen LogP contribution in [0.15, 0.2) is 24.3 Å². The third-order valence-corrected chi connectivity index (χ3v) is 5.36. The van der Waals surface area contributed by atoms with Gasteiger partial charge in [0.2, 0.25) is 5.91 Å². The fourth-order valence-corrected chi connectivity index (χ4v) is 3.61. The van der Waals surface area contributed by atoms with Gasteiger partial charge in [0, 0.05) is 24.8 Å². The lowest BCUT2D eigenvalue weighted by Gasteiger charge is -2.26. The van der Waals surface area contributed by atoms with Gasteiger partial charge in [-0.1, -0.05) is 12.1 Å². The van der Waals surface area contributed by atoms with Gasteiger partial charge in [0.15, 0.2) is 0 Å². The zero-order valence-corrected chi connectivity index (χ0v) is 17.4. The SMILES string of the molecule is COc1ccc(COC(=O)NCCCC(CS)C(=O)N2CCC[C@H]2C(=O)O)cc1. The Balaban J connectivity index is 1.68. The largest absolute Gasteiger partial charge is 0.497 e. The molecule has 2 rings (SSSR count). The Bertz CT molecular complexity index is 697. The number of carboxylic acids is 1. The molecule has 9 heteroatoms. The van der Waals surface area contributed by atoms with Crippen LogP contribution >= 0.6 is 12.6 Å². The molecule has 1 aliphatic rings. The summed E-state index contributed by atoms with van der Waals surface area (Å²) >= 11 is 4.24. The summed E-state index contributed by atoms with van der Waals surface area (Å²) in [5, 5.41) is 11.9. The lowest BCUT2D eigenvalue weighted by Crippen LogP contribution is -2.44. The summed E-state index contributed by atoms with van der Waals surface area (Å²) < 4.78 is 10.2. The van der Waals surface area contributed by atoms with E-state index in [9.17, 15) is 19.5 Å². The van der Waals surface area contributed by atoms with Crippen molar-refractivity contribution in [2.45, 2.75) is 38.3 Å². The minimum Gasteiger partial charge on any atom is -0.497 e. The number of carboxylic acid groups (broad SMARTS) is 1. The zero-order chi connectivity index (χ0) is 21.2. The van der Waals surface area contributed by atoms with Crippen LogP contribution in [0.1, 0.15) is 31.2 Å². The number of nitrogens with one attached hydrogen (secondary N) is 1. The number of hydrogen-bond donors (Lipinski definition) is 3. The Morgan fingerprint density at radius 3 is 2.66 bits per heavy atom. The Morgan fingerprint density at radius 1 is 1.31 bits per heavy atom. The molecular weight excluding hydrogens is 396 g/mol. The minimum absolute atomic E-state index is 0.152. The van der Waals surface area contributed by atoms with Gasteiger partial charge in [-0.25, -0.2) is 9.59 Å². The maximum Gasteiger partial charge on any atom is 0.407 e. The van der Waals surface area contributed by atoms with E-state index < -0.39 is 18.1 Å². The second-order valence-electron chi connectivity index (χ2n) is 6.90. The van der Waals surface area contributed by atoms with Crippen LogP contribution < -0.4 is 10.1 Å². The second-order valence-corrected chi connectivity index (χ2v) is 7.27. The molecule has 2 amide bonds. The summed E-state index contributed by atoms with van der Waals surface area (Å²) in [6, 6.07) is 6.48. The molecule has 1 unspecified atom stereocenters. The number of likely N-dealkylation sites (tertiary alicyclic amines) is 1. The van der Waals surface area contributed by atoms with Crippen molar-refractivity contribution in [3.05, 3.63) is 29.8 Å². The topological polar surface area (TPSA) is 105 Å². The number of benzene rings is 1. The van der Waals surface area contributed by atoms with E-state index in [-0.39, 0.29) is 18.4 Å². The van der Waals surface area contributed by atoms with E-state index in [1.165, 1.54) is 4.90 Å². The molecule has 1 aromatic carbocycles. The Hall–Kier alpha value is -2.42. The summed E-state index contributed by atoms with van der Waals surface area (Å²) in [7, 11) is 1.58. The molecule has 1 fully saturated rings. The quantitative estimate of drug-likeness (QED) is 0.393. The smallest absolute Gasteiger partial charge is 0.407 e. The Labute approximate surface area is 176 Å². The molecule has 0 spiro atoms. The first-order valence-corrected chi connectivity index (χ1v) is 10.3. The van der Waals surface area contributed by atoms with Gasteiger partial charge in [-0.2, -0.15) is 12.6 Å². The van der Waals surface area contributed by atoms with Crippen molar-refractivity contribution in [2.75, 3.05) is 26.0 Å². The van der Waals surface area contributed by atoms with Crippen LogP contribution in [0, 0.1) is 5.92 Å². The maximum atomic E-state index is 12.6. The molecule has 0 aliphatic carbocycles. The van der Waals surface area contributed by atoms with Gasteiger partial charge in [-0.15, -0.1) is 0 Å². The number of carbonyl (C=O) groups is 3. The zero-order valence-electron chi connectivity index (χ0n) is 16.5. The van der Waals surface area contributed by atoms with Gasteiger partial charge in [0.05, 0.1) is 7.11 Å². The fraction of sp³-hybridized carbons (Fsp3) is 0.550.